The molecule has 2 heterocycles. The zero-order chi connectivity index (χ0) is 17.9. The molecule has 6 heteroatoms. The maximum Gasteiger partial charge on any atom is 0.336 e. The molecule has 1 saturated heterocycles. The molecule has 1 aliphatic heterocycles. The van der Waals surface area contributed by atoms with Crippen molar-refractivity contribution in [1.82, 2.24) is 4.98 Å². The van der Waals surface area contributed by atoms with Gasteiger partial charge in [0.25, 0.3) is 0 Å². The zero-order valence-electron chi connectivity index (χ0n) is 13.9. The lowest BCUT2D eigenvalue weighted by atomic mass is 10.3. The van der Waals surface area contributed by atoms with Crippen LogP contribution in [0.25, 0.3) is 16.3 Å². The number of nitrogens with zero attached hydrogens (tertiary/aromatic N) is 2. The fourth-order valence-corrected chi connectivity index (χ4v) is 3.74. The van der Waals surface area contributed by atoms with Crippen molar-refractivity contribution in [1.29, 1.82) is 0 Å². The molecule has 26 heavy (non-hydrogen) atoms. The summed E-state index contributed by atoms with van der Waals surface area (Å²) in [7, 11) is 0. The third kappa shape index (κ3) is 3.50. The first-order valence-electron chi connectivity index (χ1n) is 8.35. The fourth-order valence-electron chi connectivity index (χ4n) is 2.87. The van der Waals surface area contributed by atoms with E-state index in [0.29, 0.717) is 12.2 Å². The number of fused-ring (bicyclic) bond motifs is 1. The average molecular weight is 364 g/mol. The standard InChI is InChI=1S/C20H16N2O3S/c23-19-6-3-13-22(19)14-7-9-15(10-8-14)25-20(24)12-11-18-21-16-4-1-2-5-17(16)26-18/h1-2,4-5,7-12H,3,6,13H2/b12-11+. The second kappa shape index (κ2) is 7.09. The number of anilines is 1. The normalized spacial score (nSPS) is 14.5. The van der Waals surface area contributed by atoms with Gasteiger partial charge in [0.2, 0.25) is 5.91 Å². The van der Waals surface area contributed by atoms with E-state index in [2.05, 4.69) is 4.98 Å². The Morgan fingerprint density at radius 2 is 1.96 bits per heavy atom. The summed E-state index contributed by atoms with van der Waals surface area (Å²) in [5.74, 6) is 0.113. The smallest absolute Gasteiger partial charge is 0.336 e. The number of hydrogen-bond acceptors (Lipinski definition) is 5. The van der Waals surface area contributed by atoms with Crippen molar-refractivity contribution in [3.05, 3.63) is 59.6 Å². The summed E-state index contributed by atoms with van der Waals surface area (Å²) in [6.07, 6.45) is 4.50. The molecule has 0 N–H and O–H groups in total. The number of carbonyl (C=O) groups excluding carboxylic acids is 2. The molecule has 1 aromatic heterocycles. The van der Waals surface area contributed by atoms with E-state index in [-0.39, 0.29) is 5.91 Å². The van der Waals surface area contributed by atoms with Crippen LogP contribution in [0, 0.1) is 0 Å². The van der Waals surface area contributed by atoms with E-state index in [1.807, 2.05) is 24.3 Å². The molecule has 0 saturated carbocycles. The van der Waals surface area contributed by atoms with Gasteiger partial charge in [0.05, 0.1) is 10.2 Å². The van der Waals surface area contributed by atoms with Crippen molar-refractivity contribution >= 4 is 45.2 Å². The van der Waals surface area contributed by atoms with Crippen LogP contribution in [-0.4, -0.2) is 23.4 Å². The van der Waals surface area contributed by atoms with E-state index in [4.69, 9.17) is 4.74 Å². The van der Waals surface area contributed by atoms with E-state index in [1.165, 1.54) is 17.4 Å². The summed E-state index contributed by atoms with van der Waals surface area (Å²) in [4.78, 5) is 29.9. The van der Waals surface area contributed by atoms with E-state index in [1.54, 1.807) is 35.2 Å². The first-order chi connectivity index (χ1) is 12.7. The quantitative estimate of drug-likeness (QED) is 0.398. The van der Waals surface area contributed by atoms with Gasteiger partial charge in [0.1, 0.15) is 10.8 Å². The van der Waals surface area contributed by atoms with Crippen LogP contribution < -0.4 is 9.64 Å². The molecule has 1 amide bonds. The highest BCUT2D eigenvalue weighted by molar-refractivity contribution is 7.19. The third-order valence-electron chi connectivity index (χ3n) is 4.11. The number of amides is 1. The van der Waals surface area contributed by atoms with Gasteiger partial charge in [-0.05, 0) is 48.9 Å². The van der Waals surface area contributed by atoms with Crippen LogP contribution in [0.5, 0.6) is 5.75 Å². The van der Waals surface area contributed by atoms with E-state index >= 15 is 0 Å². The SMILES string of the molecule is O=C(/C=C/c1nc2ccccc2s1)Oc1ccc(N2CCCC2=O)cc1. The van der Waals surface area contributed by atoms with Gasteiger partial charge in [-0.25, -0.2) is 9.78 Å². The first-order valence-corrected chi connectivity index (χ1v) is 9.16. The van der Waals surface area contributed by atoms with Crippen LogP contribution in [0.15, 0.2) is 54.6 Å². The summed E-state index contributed by atoms with van der Waals surface area (Å²) in [5.41, 5.74) is 1.75. The molecular weight excluding hydrogens is 348 g/mol. The summed E-state index contributed by atoms with van der Waals surface area (Å²) >= 11 is 1.52. The number of ether oxygens (including phenoxy) is 1. The second-order valence-electron chi connectivity index (χ2n) is 5.92. The molecule has 0 unspecified atom stereocenters. The molecular formula is C20H16N2O3S. The van der Waals surface area contributed by atoms with E-state index in [0.717, 1.165) is 33.9 Å². The summed E-state index contributed by atoms with van der Waals surface area (Å²) in [6.45, 7) is 0.739. The van der Waals surface area contributed by atoms with Crippen molar-refractivity contribution in [3.63, 3.8) is 0 Å². The van der Waals surface area contributed by atoms with Gasteiger partial charge < -0.3 is 9.64 Å². The molecule has 0 atom stereocenters. The molecule has 0 aliphatic carbocycles. The lowest BCUT2D eigenvalue weighted by Gasteiger charge is -2.15. The molecule has 1 fully saturated rings. The van der Waals surface area contributed by atoms with Crippen LogP contribution in [0.4, 0.5) is 5.69 Å². The number of aromatic nitrogens is 1. The minimum Gasteiger partial charge on any atom is -0.423 e. The monoisotopic (exact) mass is 364 g/mol. The highest BCUT2D eigenvalue weighted by atomic mass is 32.1. The van der Waals surface area contributed by atoms with Gasteiger partial charge in [0, 0.05) is 24.7 Å². The summed E-state index contributed by atoms with van der Waals surface area (Å²) in [5, 5.41) is 0.756. The Hall–Kier alpha value is -2.99. The van der Waals surface area contributed by atoms with Gasteiger partial charge in [-0.1, -0.05) is 12.1 Å². The second-order valence-corrected chi connectivity index (χ2v) is 6.98. The van der Waals surface area contributed by atoms with E-state index in [9.17, 15) is 9.59 Å². The Morgan fingerprint density at radius 3 is 2.69 bits per heavy atom. The Kier molecular flexibility index (Phi) is 4.50. The van der Waals surface area contributed by atoms with Gasteiger partial charge in [0.15, 0.2) is 0 Å². The Morgan fingerprint density at radius 1 is 1.15 bits per heavy atom. The Balaban J connectivity index is 1.40. The average Bonchev–Trinajstić information content (AvgIpc) is 3.26. The number of hydrogen-bond donors (Lipinski definition) is 0. The van der Waals surface area contributed by atoms with Crippen LogP contribution in [-0.2, 0) is 9.59 Å². The predicted molar refractivity (Wildman–Crippen MR) is 102 cm³/mol. The maximum absolute atomic E-state index is 12.0. The minimum atomic E-state index is -0.464. The number of benzene rings is 2. The Labute approximate surface area is 154 Å². The van der Waals surface area contributed by atoms with Crippen LogP contribution in [0.1, 0.15) is 17.8 Å². The number of esters is 1. The van der Waals surface area contributed by atoms with Crippen molar-refractivity contribution in [2.24, 2.45) is 0 Å². The minimum absolute atomic E-state index is 0.133. The van der Waals surface area contributed by atoms with Gasteiger partial charge in [-0.3, -0.25) is 4.79 Å². The molecule has 3 aromatic rings. The highest BCUT2D eigenvalue weighted by Crippen LogP contribution is 2.24. The molecule has 0 spiro atoms. The number of rotatable bonds is 4. The third-order valence-corrected chi connectivity index (χ3v) is 5.11. The lowest BCUT2D eigenvalue weighted by Crippen LogP contribution is -2.23. The van der Waals surface area contributed by atoms with Crippen molar-refractivity contribution in [2.45, 2.75) is 12.8 Å². The highest BCUT2D eigenvalue weighted by Gasteiger charge is 2.21. The van der Waals surface area contributed by atoms with Gasteiger partial charge in [-0.2, -0.15) is 0 Å². The largest absolute Gasteiger partial charge is 0.423 e. The molecule has 1 aliphatic rings. The lowest BCUT2D eigenvalue weighted by molar-refractivity contribution is -0.128. The Bertz CT molecular complexity index is 959. The van der Waals surface area contributed by atoms with Crippen molar-refractivity contribution in [2.75, 3.05) is 11.4 Å². The number of carbonyl (C=O) groups is 2. The van der Waals surface area contributed by atoms with Crippen LogP contribution in [0.2, 0.25) is 0 Å². The molecule has 0 bridgehead atoms. The summed E-state index contributed by atoms with van der Waals surface area (Å²) < 4.78 is 6.38. The first kappa shape index (κ1) is 16.5. The molecule has 0 radical (unpaired) electrons. The van der Waals surface area contributed by atoms with Crippen molar-refractivity contribution < 1.29 is 14.3 Å². The van der Waals surface area contributed by atoms with E-state index < -0.39 is 5.97 Å². The number of para-hydroxylation sites is 1. The van der Waals surface area contributed by atoms with Crippen molar-refractivity contribution in [3.8, 4) is 5.75 Å². The van der Waals surface area contributed by atoms with Gasteiger partial charge in [-0.15, -0.1) is 11.3 Å². The molecule has 130 valence electrons. The molecule has 4 rings (SSSR count). The predicted octanol–water partition coefficient (Wildman–Crippen LogP) is 4.04. The molecule has 2 aromatic carbocycles. The number of thiazole rings is 1. The van der Waals surface area contributed by atoms with Crippen LogP contribution in [0.3, 0.4) is 0 Å². The zero-order valence-corrected chi connectivity index (χ0v) is 14.7. The maximum atomic E-state index is 12.0. The summed E-state index contributed by atoms with van der Waals surface area (Å²) in [6, 6.07) is 14.8. The topological polar surface area (TPSA) is 59.5 Å². The fraction of sp³-hybridized carbons (Fsp3) is 0.150. The van der Waals surface area contributed by atoms with Crippen LogP contribution >= 0.6 is 11.3 Å². The van der Waals surface area contributed by atoms with Gasteiger partial charge >= 0.3 is 5.97 Å². The molecule has 5 nitrogen and oxygen atoms in total.